The van der Waals surface area contributed by atoms with Crippen molar-refractivity contribution in [2.45, 2.75) is 30.6 Å². The van der Waals surface area contributed by atoms with E-state index in [1.165, 1.54) is 12.5 Å². The van der Waals surface area contributed by atoms with Gasteiger partial charge in [0.05, 0.1) is 22.4 Å². The van der Waals surface area contributed by atoms with Gasteiger partial charge in [-0.15, -0.1) is 0 Å². The molecule has 6 heteroatoms. The predicted octanol–water partition coefficient (Wildman–Crippen LogP) is 2.58. The summed E-state index contributed by atoms with van der Waals surface area (Å²) in [5, 5.41) is 3.51. The lowest BCUT2D eigenvalue weighted by Crippen LogP contribution is -2.12. The molecule has 0 saturated heterocycles. The van der Waals surface area contributed by atoms with Crippen LogP contribution >= 0.6 is 0 Å². The summed E-state index contributed by atoms with van der Waals surface area (Å²) in [6, 6.07) is 5.06. The molecule has 0 aliphatic heterocycles. The molecule has 1 aliphatic rings. The van der Waals surface area contributed by atoms with E-state index in [0.717, 1.165) is 18.4 Å². The highest BCUT2D eigenvalue weighted by Gasteiger charge is 2.28. The normalized spacial score (nSPS) is 15.1. The van der Waals surface area contributed by atoms with E-state index in [4.69, 9.17) is 0 Å². The molecule has 0 N–H and O–H groups in total. The maximum atomic E-state index is 12.5. The number of benzene rings is 1. The van der Waals surface area contributed by atoms with E-state index < -0.39 is 9.84 Å². The molecule has 1 fully saturated rings. The highest BCUT2D eigenvalue weighted by molar-refractivity contribution is 7.91. The molecule has 1 aromatic carbocycles. The van der Waals surface area contributed by atoms with Crippen molar-refractivity contribution < 1.29 is 17.7 Å². The van der Waals surface area contributed by atoms with Gasteiger partial charge >= 0.3 is 0 Å². The first-order chi connectivity index (χ1) is 10.0. The SMILES string of the molecule is CCS(=O)(=O)c1ccc(C2CC2)cc1C(=O)c1cnoc1. The fourth-order valence-corrected chi connectivity index (χ4v) is 3.37. The van der Waals surface area contributed by atoms with Crippen molar-refractivity contribution in [2.24, 2.45) is 0 Å². The van der Waals surface area contributed by atoms with E-state index in [-0.39, 0.29) is 27.6 Å². The first kappa shape index (κ1) is 14.0. The molecule has 0 atom stereocenters. The standard InChI is InChI=1S/C15H15NO4S/c1-2-21(18,19)14-6-5-11(10-3-4-10)7-13(14)15(17)12-8-16-20-9-12/h5-10H,2-4H2,1H3. The van der Waals surface area contributed by atoms with Gasteiger partial charge in [0.1, 0.15) is 6.26 Å². The molecular formula is C15H15NO4S. The highest BCUT2D eigenvalue weighted by Crippen LogP contribution is 2.41. The molecule has 0 spiro atoms. The van der Waals surface area contributed by atoms with Crippen molar-refractivity contribution in [1.82, 2.24) is 5.16 Å². The molecule has 1 saturated carbocycles. The van der Waals surface area contributed by atoms with E-state index in [1.54, 1.807) is 19.1 Å². The van der Waals surface area contributed by atoms with Crippen LogP contribution in [0, 0.1) is 0 Å². The molecule has 110 valence electrons. The minimum absolute atomic E-state index is 0.0420. The van der Waals surface area contributed by atoms with Crippen molar-refractivity contribution >= 4 is 15.6 Å². The molecule has 2 aromatic rings. The minimum Gasteiger partial charge on any atom is -0.364 e. The molecule has 0 bridgehead atoms. The van der Waals surface area contributed by atoms with Crippen LogP contribution in [-0.4, -0.2) is 25.1 Å². The average molecular weight is 305 g/mol. The van der Waals surface area contributed by atoms with Gasteiger partial charge in [0.15, 0.2) is 15.6 Å². The Hall–Kier alpha value is -1.95. The zero-order chi connectivity index (χ0) is 15.0. The minimum atomic E-state index is -3.46. The van der Waals surface area contributed by atoms with Gasteiger partial charge in [0, 0.05) is 5.56 Å². The number of sulfone groups is 1. The second-order valence-corrected chi connectivity index (χ2v) is 7.42. The van der Waals surface area contributed by atoms with Crippen molar-refractivity contribution in [3.05, 3.63) is 47.3 Å². The van der Waals surface area contributed by atoms with Crippen molar-refractivity contribution in [1.29, 1.82) is 0 Å². The van der Waals surface area contributed by atoms with Crippen LogP contribution in [0.3, 0.4) is 0 Å². The van der Waals surface area contributed by atoms with Gasteiger partial charge in [0.2, 0.25) is 0 Å². The second-order valence-electron chi connectivity index (χ2n) is 5.18. The lowest BCUT2D eigenvalue weighted by Gasteiger charge is -2.10. The Morgan fingerprint density at radius 3 is 2.71 bits per heavy atom. The van der Waals surface area contributed by atoms with Crippen LogP contribution < -0.4 is 0 Å². The second kappa shape index (κ2) is 5.11. The summed E-state index contributed by atoms with van der Waals surface area (Å²) in [6.45, 7) is 1.57. The maximum Gasteiger partial charge on any atom is 0.199 e. The van der Waals surface area contributed by atoms with Crippen LogP contribution in [0.2, 0.25) is 0 Å². The summed E-state index contributed by atoms with van der Waals surface area (Å²) in [7, 11) is -3.46. The Bertz CT molecular complexity index is 774. The third-order valence-electron chi connectivity index (χ3n) is 3.71. The largest absolute Gasteiger partial charge is 0.364 e. The van der Waals surface area contributed by atoms with Crippen LogP contribution in [0.5, 0.6) is 0 Å². The molecule has 0 amide bonds. The first-order valence-corrected chi connectivity index (χ1v) is 8.49. The Labute approximate surface area is 122 Å². The van der Waals surface area contributed by atoms with E-state index in [1.807, 2.05) is 6.07 Å². The van der Waals surface area contributed by atoms with Gasteiger partial charge in [-0.3, -0.25) is 4.79 Å². The number of aromatic nitrogens is 1. The van der Waals surface area contributed by atoms with Crippen LogP contribution in [0.4, 0.5) is 0 Å². The fourth-order valence-electron chi connectivity index (χ4n) is 2.29. The predicted molar refractivity (Wildman–Crippen MR) is 76.1 cm³/mol. The Morgan fingerprint density at radius 1 is 1.38 bits per heavy atom. The Kier molecular flexibility index (Phi) is 3.41. The molecule has 0 unspecified atom stereocenters. The first-order valence-electron chi connectivity index (χ1n) is 6.83. The third kappa shape index (κ3) is 2.63. The van der Waals surface area contributed by atoms with Gasteiger partial charge in [0.25, 0.3) is 0 Å². The number of rotatable bonds is 5. The van der Waals surface area contributed by atoms with Crippen molar-refractivity contribution in [3.8, 4) is 0 Å². The quantitative estimate of drug-likeness (QED) is 0.793. The Balaban J connectivity index is 2.14. The zero-order valence-corrected chi connectivity index (χ0v) is 12.4. The molecular weight excluding hydrogens is 290 g/mol. The van der Waals surface area contributed by atoms with E-state index >= 15 is 0 Å². The number of hydrogen-bond acceptors (Lipinski definition) is 5. The van der Waals surface area contributed by atoms with Crippen LogP contribution in [0.15, 0.2) is 40.1 Å². The summed E-state index contributed by atoms with van der Waals surface area (Å²) in [5.74, 6) is 0.0304. The number of ketones is 1. The smallest absolute Gasteiger partial charge is 0.199 e. The number of hydrogen-bond donors (Lipinski definition) is 0. The fraction of sp³-hybridized carbons (Fsp3) is 0.333. The third-order valence-corrected chi connectivity index (χ3v) is 5.49. The van der Waals surface area contributed by atoms with E-state index in [0.29, 0.717) is 5.92 Å². The molecule has 5 nitrogen and oxygen atoms in total. The molecule has 1 aromatic heterocycles. The monoisotopic (exact) mass is 305 g/mol. The lowest BCUT2D eigenvalue weighted by atomic mass is 10.0. The van der Waals surface area contributed by atoms with Gasteiger partial charge in [-0.2, -0.15) is 0 Å². The molecule has 1 aliphatic carbocycles. The summed E-state index contributed by atoms with van der Waals surface area (Å²) in [4.78, 5) is 12.6. The van der Waals surface area contributed by atoms with E-state index in [2.05, 4.69) is 9.68 Å². The molecule has 1 heterocycles. The molecule has 3 rings (SSSR count). The number of carbonyl (C=O) groups excluding carboxylic acids is 1. The van der Waals surface area contributed by atoms with Crippen molar-refractivity contribution in [3.63, 3.8) is 0 Å². The zero-order valence-electron chi connectivity index (χ0n) is 11.6. The number of nitrogens with zero attached hydrogens (tertiary/aromatic N) is 1. The average Bonchev–Trinajstić information content (AvgIpc) is 3.20. The van der Waals surface area contributed by atoms with Gasteiger partial charge < -0.3 is 4.52 Å². The summed E-state index contributed by atoms with van der Waals surface area (Å²) in [6.07, 6.45) is 4.70. The van der Waals surface area contributed by atoms with Crippen LogP contribution in [-0.2, 0) is 9.84 Å². The topological polar surface area (TPSA) is 77.2 Å². The van der Waals surface area contributed by atoms with Crippen LogP contribution in [0.1, 0.15) is 47.2 Å². The lowest BCUT2D eigenvalue weighted by molar-refractivity contribution is 0.103. The molecule has 21 heavy (non-hydrogen) atoms. The van der Waals surface area contributed by atoms with Crippen molar-refractivity contribution in [2.75, 3.05) is 5.75 Å². The number of carbonyl (C=O) groups is 1. The van der Waals surface area contributed by atoms with Gasteiger partial charge in [-0.25, -0.2) is 8.42 Å². The summed E-state index contributed by atoms with van der Waals surface area (Å²) in [5.41, 5.74) is 1.49. The van der Waals surface area contributed by atoms with E-state index in [9.17, 15) is 13.2 Å². The van der Waals surface area contributed by atoms with Gasteiger partial charge in [-0.05, 0) is 36.5 Å². The molecule has 0 radical (unpaired) electrons. The Morgan fingerprint density at radius 2 is 2.14 bits per heavy atom. The van der Waals surface area contributed by atoms with Gasteiger partial charge in [-0.1, -0.05) is 18.1 Å². The van der Waals surface area contributed by atoms with Crippen LogP contribution in [0.25, 0.3) is 0 Å². The highest BCUT2D eigenvalue weighted by atomic mass is 32.2. The summed E-state index contributed by atoms with van der Waals surface area (Å²) < 4.78 is 29.1. The maximum absolute atomic E-state index is 12.5. The summed E-state index contributed by atoms with van der Waals surface area (Å²) >= 11 is 0.